The van der Waals surface area contributed by atoms with Gasteiger partial charge in [-0.3, -0.25) is 4.79 Å². The Morgan fingerprint density at radius 2 is 1.74 bits per heavy atom. The first-order chi connectivity index (χ1) is 18.5. The number of ether oxygens (including phenoxy) is 2. The van der Waals surface area contributed by atoms with Crippen LogP contribution < -0.4 is 5.32 Å². The summed E-state index contributed by atoms with van der Waals surface area (Å²) in [6, 6.07) is 21.8. The van der Waals surface area contributed by atoms with Crippen molar-refractivity contribution in [1.29, 1.82) is 0 Å². The number of aromatic nitrogens is 4. The summed E-state index contributed by atoms with van der Waals surface area (Å²) in [5.74, 6) is 0.606. The third-order valence-corrected chi connectivity index (χ3v) is 7.10. The van der Waals surface area contributed by atoms with Gasteiger partial charge < -0.3 is 25.0 Å². The highest BCUT2D eigenvalue weighted by atomic mass is 32.2. The number of carbonyl (C=O) groups is 1. The van der Waals surface area contributed by atoms with Crippen LogP contribution in [0.1, 0.15) is 42.4 Å². The first kappa shape index (κ1) is 25.9. The molecule has 38 heavy (non-hydrogen) atoms. The molecule has 3 aromatic carbocycles. The standard InChI is InChI=1S/C27H27N5O5S/c1-17(34)28-21-8-6-20(7-9-21)26-36-24(14-25(37-26)19-4-2-18(15-33)3-5-19)16-38-27-29-30-31-32(27)22-10-12-23(35)13-11-22/h2-13,24-26,33,35H,14-16H2,1H3,(H,28,34)/t24-,25+,26+/m1/s1. The number of aliphatic hydroxyl groups excluding tert-OH is 1. The number of amides is 1. The number of nitrogens with one attached hydrogen (secondary N) is 1. The molecule has 1 amide bonds. The molecular weight excluding hydrogens is 506 g/mol. The highest BCUT2D eigenvalue weighted by Crippen LogP contribution is 2.39. The summed E-state index contributed by atoms with van der Waals surface area (Å²) in [5.41, 5.74) is 4.09. The molecule has 0 spiro atoms. The second-order valence-corrected chi connectivity index (χ2v) is 9.84. The van der Waals surface area contributed by atoms with Gasteiger partial charge in [0.2, 0.25) is 11.1 Å². The lowest BCUT2D eigenvalue weighted by molar-refractivity contribution is -0.245. The van der Waals surface area contributed by atoms with E-state index >= 15 is 0 Å². The summed E-state index contributed by atoms with van der Waals surface area (Å²) >= 11 is 1.47. The van der Waals surface area contributed by atoms with E-state index in [1.165, 1.54) is 18.7 Å². The fraction of sp³-hybridized carbons (Fsp3) is 0.259. The summed E-state index contributed by atoms with van der Waals surface area (Å²) in [4.78, 5) is 11.4. The van der Waals surface area contributed by atoms with Gasteiger partial charge in [-0.25, -0.2) is 0 Å². The third-order valence-electron chi connectivity index (χ3n) is 6.05. The number of hydrogen-bond acceptors (Lipinski definition) is 9. The van der Waals surface area contributed by atoms with Crippen molar-refractivity contribution in [3.8, 4) is 11.4 Å². The van der Waals surface area contributed by atoms with E-state index < -0.39 is 6.29 Å². The van der Waals surface area contributed by atoms with Gasteiger partial charge in [0.05, 0.1) is 24.5 Å². The fourth-order valence-electron chi connectivity index (χ4n) is 4.14. The first-order valence-corrected chi connectivity index (χ1v) is 13.1. The number of phenols is 1. The van der Waals surface area contributed by atoms with Crippen molar-refractivity contribution in [1.82, 2.24) is 20.2 Å². The number of phenolic OH excluding ortho intramolecular Hbond substituents is 1. The van der Waals surface area contributed by atoms with Crippen molar-refractivity contribution < 1.29 is 24.5 Å². The van der Waals surface area contributed by atoms with Crippen molar-refractivity contribution in [2.24, 2.45) is 0 Å². The molecule has 11 heteroatoms. The topological polar surface area (TPSA) is 132 Å². The summed E-state index contributed by atoms with van der Waals surface area (Å²) in [5, 5.41) is 34.4. The molecule has 1 aliphatic heterocycles. The zero-order valence-electron chi connectivity index (χ0n) is 20.6. The van der Waals surface area contributed by atoms with Gasteiger partial charge in [0.1, 0.15) is 5.75 Å². The first-order valence-electron chi connectivity index (χ1n) is 12.1. The van der Waals surface area contributed by atoms with E-state index in [1.54, 1.807) is 28.9 Å². The Hall–Kier alpha value is -3.77. The molecule has 196 valence electrons. The summed E-state index contributed by atoms with van der Waals surface area (Å²) < 4.78 is 14.4. The van der Waals surface area contributed by atoms with E-state index in [4.69, 9.17) is 9.47 Å². The fourth-order valence-corrected chi connectivity index (χ4v) is 5.05. The summed E-state index contributed by atoms with van der Waals surface area (Å²) in [6.07, 6.45) is -0.403. The van der Waals surface area contributed by atoms with Gasteiger partial charge in [-0.1, -0.05) is 48.2 Å². The van der Waals surface area contributed by atoms with E-state index in [0.717, 1.165) is 22.4 Å². The summed E-state index contributed by atoms with van der Waals surface area (Å²) in [7, 11) is 0. The van der Waals surface area contributed by atoms with Crippen molar-refractivity contribution in [3.05, 3.63) is 89.5 Å². The molecule has 5 rings (SSSR count). The molecule has 1 saturated heterocycles. The predicted octanol–water partition coefficient (Wildman–Crippen LogP) is 4.16. The molecule has 2 heterocycles. The minimum atomic E-state index is -0.615. The van der Waals surface area contributed by atoms with Gasteiger partial charge in [0.25, 0.3) is 0 Å². The Labute approximate surface area is 223 Å². The number of rotatable bonds is 8. The SMILES string of the molecule is CC(=O)Nc1ccc([C@H]2O[C@@H](CSc3nnnn3-c3ccc(O)cc3)C[C@@H](c3ccc(CO)cc3)O2)cc1. The highest BCUT2D eigenvalue weighted by Gasteiger charge is 2.32. The smallest absolute Gasteiger partial charge is 0.221 e. The Morgan fingerprint density at radius 3 is 2.42 bits per heavy atom. The van der Waals surface area contributed by atoms with Gasteiger partial charge in [0.15, 0.2) is 6.29 Å². The zero-order valence-corrected chi connectivity index (χ0v) is 21.4. The Bertz CT molecular complexity index is 1360. The zero-order chi connectivity index (χ0) is 26.5. The minimum absolute atomic E-state index is 0.0206. The molecule has 0 radical (unpaired) electrons. The van der Waals surface area contributed by atoms with Crippen LogP contribution in [-0.4, -0.2) is 48.2 Å². The molecule has 4 aromatic rings. The monoisotopic (exact) mass is 533 g/mol. The molecule has 1 aliphatic rings. The van der Waals surface area contributed by atoms with Crippen LogP contribution in [0.15, 0.2) is 78.0 Å². The van der Waals surface area contributed by atoms with E-state index in [0.29, 0.717) is 23.0 Å². The van der Waals surface area contributed by atoms with Crippen LogP contribution in [0, 0.1) is 0 Å². The van der Waals surface area contributed by atoms with Gasteiger partial charge in [0, 0.05) is 30.3 Å². The number of anilines is 1. The number of tetrazole rings is 1. The minimum Gasteiger partial charge on any atom is -0.508 e. The number of carbonyl (C=O) groups excluding carboxylic acids is 1. The van der Waals surface area contributed by atoms with E-state index in [2.05, 4.69) is 20.8 Å². The van der Waals surface area contributed by atoms with Crippen LogP contribution in [-0.2, 0) is 20.9 Å². The average molecular weight is 534 g/mol. The molecule has 0 aliphatic carbocycles. The van der Waals surface area contributed by atoms with Crippen LogP contribution in [0.5, 0.6) is 5.75 Å². The summed E-state index contributed by atoms with van der Waals surface area (Å²) in [6.45, 7) is 1.45. The molecule has 3 atom stereocenters. The normalized spacial score (nSPS) is 19.3. The lowest BCUT2D eigenvalue weighted by Crippen LogP contribution is -2.31. The second kappa shape index (κ2) is 11.7. The molecule has 0 bridgehead atoms. The number of aromatic hydroxyl groups is 1. The molecule has 10 nitrogen and oxygen atoms in total. The molecule has 3 N–H and O–H groups in total. The van der Waals surface area contributed by atoms with Gasteiger partial charge in [-0.05, 0) is 58.0 Å². The molecule has 0 unspecified atom stereocenters. The van der Waals surface area contributed by atoms with Gasteiger partial charge >= 0.3 is 0 Å². The van der Waals surface area contributed by atoms with Crippen LogP contribution in [0.2, 0.25) is 0 Å². The average Bonchev–Trinajstić information content (AvgIpc) is 3.41. The Kier molecular flexibility index (Phi) is 7.99. The molecular formula is C27H27N5O5S. The van der Waals surface area contributed by atoms with E-state index in [1.807, 2.05) is 48.5 Å². The number of benzene rings is 3. The van der Waals surface area contributed by atoms with E-state index in [-0.39, 0.29) is 30.5 Å². The number of thioether (sulfide) groups is 1. The van der Waals surface area contributed by atoms with E-state index in [9.17, 15) is 15.0 Å². The van der Waals surface area contributed by atoms with Crippen molar-refractivity contribution >= 4 is 23.4 Å². The Morgan fingerprint density at radius 1 is 1.03 bits per heavy atom. The van der Waals surface area contributed by atoms with Crippen LogP contribution >= 0.6 is 11.8 Å². The molecule has 1 fully saturated rings. The number of aliphatic hydroxyl groups is 1. The number of hydrogen-bond donors (Lipinski definition) is 3. The Balaban J connectivity index is 1.34. The largest absolute Gasteiger partial charge is 0.508 e. The third kappa shape index (κ3) is 6.20. The number of nitrogens with zero attached hydrogens (tertiary/aromatic N) is 4. The predicted molar refractivity (Wildman–Crippen MR) is 141 cm³/mol. The van der Waals surface area contributed by atoms with Crippen LogP contribution in [0.25, 0.3) is 5.69 Å². The maximum Gasteiger partial charge on any atom is 0.221 e. The maximum atomic E-state index is 11.4. The van der Waals surface area contributed by atoms with Crippen molar-refractivity contribution in [3.63, 3.8) is 0 Å². The van der Waals surface area contributed by atoms with Crippen LogP contribution in [0.3, 0.4) is 0 Å². The van der Waals surface area contributed by atoms with Crippen molar-refractivity contribution in [2.75, 3.05) is 11.1 Å². The molecule has 1 aromatic heterocycles. The lowest BCUT2D eigenvalue weighted by atomic mass is 10.0. The van der Waals surface area contributed by atoms with Crippen molar-refractivity contribution in [2.45, 2.75) is 43.6 Å². The van der Waals surface area contributed by atoms with Crippen LogP contribution in [0.4, 0.5) is 5.69 Å². The lowest BCUT2D eigenvalue weighted by Gasteiger charge is -2.36. The molecule has 0 saturated carbocycles. The second-order valence-electron chi connectivity index (χ2n) is 8.85. The maximum absolute atomic E-state index is 11.4. The van der Waals surface area contributed by atoms with Gasteiger partial charge in [-0.15, -0.1) is 5.10 Å². The highest BCUT2D eigenvalue weighted by molar-refractivity contribution is 7.99. The quantitative estimate of drug-likeness (QED) is 0.286. The van der Waals surface area contributed by atoms with Gasteiger partial charge in [-0.2, -0.15) is 4.68 Å².